The number of hydrazone groups is 1. The van der Waals surface area contributed by atoms with Crippen molar-refractivity contribution < 1.29 is 33.3 Å². The maximum atomic E-state index is 12.3. The van der Waals surface area contributed by atoms with Crippen molar-refractivity contribution in [3.63, 3.8) is 0 Å². The molecule has 12 heteroatoms. The van der Waals surface area contributed by atoms with E-state index in [-0.39, 0.29) is 19.1 Å². The van der Waals surface area contributed by atoms with E-state index in [0.717, 1.165) is 5.56 Å². The zero-order valence-corrected chi connectivity index (χ0v) is 23.6. The number of nitrogens with one attached hydrogen (secondary N) is 3. The van der Waals surface area contributed by atoms with Gasteiger partial charge in [-0.1, -0.05) is 12.1 Å². The molecule has 39 heavy (non-hydrogen) atoms. The van der Waals surface area contributed by atoms with E-state index < -0.39 is 11.8 Å². The third-order valence-electron chi connectivity index (χ3n) is 5.17. The minimum absolute atomic E-state index is 0.176. The Bertz CT molecular complexity index is 1330. The summed E-state index contributed by atoms with van der Waals surface area (Å²) in [5.41, 5.74) is 4.18. The Kier molecular flexibility index (Phi) is 10.9. The molecule has 0 saturated heterocycles. The molecule has 0 unspecified atom stereocenters. The summed E-state index contributed by atoms with van der Waals surface area (Å²) in [6, 6.07) is 17.3. The molecule has 0 aliphatic heterocycles. The molecule has 3 aromatic rings. The van der Waals surface area contributed by atoms with Crippen LogP contribution in [0.15, 0.2) is 65.8 Å². The molecule has 3 amide bonds. The fraction of sp³-hybridized carbons (Fsp3) is 0.185. The third-order valence-corrected chi connectivity index (χ3v) is 5.97. The fourth-order valence-electron chi connectivity index (χ4n) is 3.19. The van der Waals surface area contributed by atoms with E-state index >= 15 is 0 Å². The van der Waals surface area contributed by atoms with Crippen LogP contribution in [-0.2, 0) is 20.9 Å². The van der Waals surface area contributed by atoms with Crippen LogP contribution in [0.2, 0.25) is 0 Å². The molecule has 0 bridgehead atoms. The van der Waals surface area contributed by atoms with Crippen molar-refractivity contribution in [2.24, 2.45) is 5.10 Å². The molecule has 0 heterocycles. The van der Waals surface area contributed by atoms with Gasteiger partial charge in [-0.05, 0) is 82.2 Å². The lowest BCUT2D eigenvalue weighted by atomic mass is 10.2. The number of halogens is 1. The molecule has 204 valence electrons. The molecule has 11 nitrogen and oxygen atoms in total. The van der Waals surface area contributed by atoms with E-state index in [2.05, 4.69) is 21.2 Å². The molecule has 3 N–H and O–H groups in total. The summed E-state index contributed by atoms with van der Waals surface area (Å²) in [5, 5.41) is 9.11. The number of hydrogen-bond acceptors (Lipinski definition) is 8. The summed E-state index contributed by atoms with van der Waals surface area (Å²) in [7, 11) is 4.59. The van der Waals surface area contributed by atoms with Crippen LogP contribution in [-0.4, -0.2) is 51.9 Å². The molecule has 0 spiro atoms. The Morgan fingerprint density at radius 3 is 2.13 bits per heavy atom. The summed E-state index contributed by atoms with van der Waals surface area (Å²) in [5.74, 6) is 0.0249. The quantitative estimate of drug-likeness (QED) is 0.126. The van der Waals surface area contributed by atoms with Crippen LogP contribution in [0, 0.1) is 3.57 Å². The number of methoxy groups -OCH3 is 3. The van der Waals surface area contributed by atoms with Crippen molar-refractivity contribution in [3.05, 3.63) is 75.4 Å². The topological polar surface area (TPSA) is 137 Å². The zero-order chi connectivity index (χ0) is 28.2. The van der Waals surface area contributed by atoms with Crippen LogP contribution >= 0.6 is 22.6 Å². The molecule has 0 atom stereocenters. The molecule has 0 radical (unpaired) electrons. The SMILES string of the molecule is COc1ccc(CNC(=O)C(=O)N/N=C\c2cc(I)c(OCC(=O)Nc3ccc(OC)cc3)c(OC)c2)cc1. The predicted octanol–water partition coefficient (Wildman–Crippen LogP) is 3.10. The first-order chi connectivity index (χ1) is 18.8. The molecule has 0 aromatic heterocycles. The molecule has 0 saturated carbocycles. The maximum Gasteiger partial charge on any atom is 0.329 e. The second-order valence-corrected chi connectivity index (χ2v) is 8.99. The van der Waals surface area contributed by atoms with Gasteiger partial charge in [0.15, 0.2) is 18.1 Å². The lowest BCUT2D eigenvalue weighted by molar-refractivity contribution is -0.139. The number of benzene rings is 3. The second kappa shape index (κ2) is 14.6. The average Bonchev–Trinajstić information content (AvgIpc) is 2.95. The highest BCUT2D eigenvalue weighted by molar-refractivity contribution is 14.1. The third kappa shape index (κ3) is 8.88. The highest BCUT2D eigenvalue weighted by atomic mass is 127. The van der Waals surface area contributed by atoms with Crippen LogP contribution in [0.3, 0.4) is 0 Å². The van der Waals surface area contributed by atoms with Crippen LogP contribution in [0.5, 0.6) is 23.0 Å². The first-order valence-corrected chi connectivity index (χ1v) is 12.6. The van der Waals surface area contributed by atoms with E-state index in [4.69, 9.17) is 18.9 Å². The summed E-state index contributed by atoms with van der Waals surface area (Å²) >= 11 is 2.04. The molecule has 3 aromatic carbocycles. The molecule has 0 aliphatic rings. The Labute approximate surface area is 239 Å². The molecular weight excluding hydrogens is 619 g/mol. The predicted molar refractivity (Wildman–Crippen MR) is 153 cm³/mol. The van der Waals surface area contributed by atoms with Gasteiger partial charge in [0, 0.05) is 12.2 Å². The Hall–Kier alpha value is -4.33. The van der Waals surface area contributed by atoms with Crippen molar-refractivity contribution >= 4 is 52.2 Å². The van der Waals surface area contributed by atoms with E-state index in [0.29, 0.717) is 37.8 Å². The van der Waals surface area contributed by atoms with Gasteiger partial charge in [0.25, 0.3) is 5.91 Å². The van der Waals surface area contributed by atoms with Crippen LogP contribution in [0.4, 0.5) is 5.69 Å². The zero-order valence-electron chi connectivity index (χ0n) is 21.4. The minimum Gasteiger partial charge on any atom is -0.497 e. The van der Waals surface area contributed by atoms with Crippen molar-refractivity contribution in [2.75, 3.05) is 33.3 Å². The fourth-order valence-corrected chi connectivity index (χ4v) is 3.97. The second-order valence-electron chi connectivity index (χ2n) is 7.83. The number of carbonyl (C=O) groups is 3. The summed E-state index contributed by atoms with van der Waals surface area (Å²) in [6.07, 6.45) is 1.36. The number of hydrogen-bond donors (Lipinski definition) is 3. The lowest BCUT2D eigenvalue weighted by Crippen LogP contribution is -2.37. The van der Waals surface area contributed by atoms with Gasteiger partial charge < -0.3 is 29.6 Å². The van der Waals surface area contributed by atoms with Crippen molar-refractivity contribution in [1.29, 1.82) is 0 Å². The molecule has 0 fully saturated rings. The first kappa shape index (κ1) is 29.2. The normalized spacial score (nSPS) is 10.5. The van der Waals surface area contributed by atoms with Crippen LogP contribution in [0.25, 0.3) is 0 Å². The van der Waals surface area contributed by atoms with E-state index in [9.17, 15) is 14.4 Å². The van der Waals surface area contributed by atoms with Gasteiger partial charge in [-0.3, -0.25) is 14.4 Å². The number of rotatable bonds is 11. The standard InChI is InChI=1S/C27H27IN4O7/c1-36-20-8-4-17(5-9-20)14-29-26(34)27(35)32-30-15-18-12-22(28)25(23(13-18)38-3)39-16-24(33)31-19-6-10-21(37-2)11-7-19/h4-13,15H,14,16H2,1-3H3,(H,29,34)(H,31,33)(H,32,35)/b30-15-. The van der Waals surface area contributed by atoms with Crippen molar-refractivity contribution in [2.45, 2.75) is 6.54 Å². The Morgan fingerprint density at radius 2 is 1.51 bits per heavy atom. The van der Waals surface area contributed by atoms with E-state index in [1.54, 1.807) is 74.9 Å². The number of nitrogens with zero attached hydrogens (tertiary/aromatic N) is 1. The molecule has 0 aliphatic carbocycles. The van der Waals surface area contributed by atoms with Gasteiger partial charge in [-0.25, -0.2) is 5.43 Å². The summed E-state index contributed by atoms with van der Waals surface area (Å²) in [6.45, 7) is -0.0670. The number of ether oxygens (including phenoxy) is 4. The van der Waals surface area contributed by atoms with Gasteiger partial charge in [0.05, 0.1) is 31.1 Å². The Morgan fingerprint density at radius 1 is 0.872 bits per heavy atom. The number of carbonyl (C=O) groups excluding carboxylic acids is 3. The minimum atomic E-state index is -0.913. The number of amides is 3. The lowest BCUT2D eigenvalue weighted by Gasteiger charge is -2.13. The number of anilines is 1. The highest BCUT2D eigenvalue weighted by Crippen LogP contribution is 2.33. The largest absolute Gasteiger partial charge is 0.497 e. The highest BCUT2D eigenvalue weighted by Gasteiger charge is 2.15. The summed E-state index contributed by atoms with van der Waals surface area (Å²) in [4.78, 5) is 36.4. The van der Waals surface area contributed by atoms with Gasteiger partial charge in [-0.15, -0.1) is 0 Å². The Balaban J connectivity index is 1.52. The smallest absolute Gasteiger partial charge is 0.329 e. The van der Waals surface area contributed by atoms with Crippen LogP contribution in [0.1, 0.15) is 11.1 Å². The van der Waals surface area contributed by atoms with Gasteiger partial charge in [0.2, 0.25) is 0 Å². The van der Waals surface area contributed by atoms with Crippen molar-refractivity contribution in [1.82, 2.24) is 10.7 Å². The van der Waals surface area contributed by atoms with Crippen LogP contribution < -0.4 is 35.0 Å². The van der Waals surface area contributed by atoms with Gasteiger partial charge in [0.1, 0.15) is 11.5 Å². The summed E-state index contributed by atoms with van der Waals surface area (Å²) < 4.78 is 21.9. The molecular formula is C27H27IN4O7. The maximum absolute atomic E-state index is 12.3. The first-order valence-electron chi connectivity index (χ1n) is 11.5. The van der Waals surface area contributed by atoms with Crippen molar-refractivity contribution in [3.8, 4) is 23.0 Å². The monoisotopic (exact) mass is 646 g/mol. The average molecular weight is 646 g/mol. The van der Waals surface area contributed by atoms with E-state index in [1.807, 2.05) is 22.6 Å². The molecule has 3 rings (SSSR count). The van der Waals surface area contributed by atoms with E-state index in [1.165, 1.54) is 13.3 Å². The van der Waals surface area contributed by atoms with Gasteiger partial charge >= 0.3 is 11.8 Å². The van der Waals surface area contributed by atoms with Gasteiger partial charge in [-0.2, -0.15) is 5.10 Å².